The third-order valence-corrected chi connectivity index (χ3v) is 4.84. The molecule has 21 heavy (non-hydrogen) atoms. The predicted molar refractivity (Wildman–Crippen MR) is 73.9 cm³/mol. The first kappa shape index (κ1) is 15.8. The lowest BCUT2D eigenvalue weighted by Gasteiger charge is -2.11. The molecule has 2 N–H and O–H groups in total. The van der Waals surface area contributed by atoms with Crippen molar-refractivity contribution in [1.82, 2.24) is 10.0 Å². The van der Waals surface area contributed by atoms with Crippen LogP contribution in [-0.2, 0) is 10.0 Å². The molecule has 1 heterocycles. The maximum Gasteiger partial charge on any atom is 0.270 e. The molecule has 1 aromatic carbocycles. The summed E-state index contributed by atoms with van der Waals surface area (Å²) in [5.41, 5.74) is -0.464. The van der Waals surface area contributed by atoms with Gasteiger partial charge in [0.05, 0.1) is 4.92 Å². The van der Waals surface area contributed by atoms with Crippen LogP contribution in [0.1, 0.15) is 19.3 Å². The highest BCUT2D eigenvalue weighted by molar-refractivity contribution is 7.89. The van der Waals surface area contributed by atoms with E-state index >= 15 is 0 Å². The van der Waals surface area contributed by atoms with E-state index in [9.17, 15) is 22.9 Å². The van der Waals surface area contributed by atoms with Gasteiger partial charge in [0, 0.05) is 24.7 Å². The molecule has 1 aliphatic rings. The first-order valence-corrected chi connectivity index (χ1v) is 8.05. The minimum atomic E-state index is -4.10. The number of halogens is 1. The molecule has 0 saturated carbocycles. The zero-order chi connectivity index (χ0) is 15.5. The number of sulfonamides is 1. The SMILES string of the molecule is O=[N+]([O-])c1ccc(F)c(S(=O)(=O)NCC[C@@H]2CCCN2)c1. The van der Waals surface area contributed by atoms with E-state index < -0.39 is 31.3 Å². The number of benzene rings is 1. The van der Waals surface area contributed by atoms with E-state index in [2.05, 4.69) is 10.0 Å². The summed E-state index contributed by atoms with van der Waals surface area (Å²) >= 11 is 0. The Bertz CT molecular complexity index is 629. The van der Waals surface area contributed by atoms with E-state index in [1.807, 2.05) is 0 Å². The van der Waals surface area contributed by atoms with E-state index in [1.165, 1.54) is 0 Å². The summed E-state index contributed by atoms with van der Waals surface area (Å²) in [6, 6.07) is 2.69. The highest BCUT2D eigenvalue weighted by Crippen LogP contribution is 2.21. The average molecular weight is 317 g/mol. The van der Waals surface area contributed by atoms with Gasteiger partial charge in [-0.2, -0.15) is 0 Å². The maximum atomic E-state index is 13.6. The molecule has 0 bridgehead atoms. The number of hydrogen-bond acceptors (Lipinski definition) is 5. The molecule has 1 fully saturated rings. The van der Waals surface area contributed by atoms with Gasteiger partial charge in [0.15, 0.2) is 0 Å². The number of nitrogens with one attached hydrogen (secondary N) is 2. The van der Waals surface area contributed by atoms with Crippen molar-refractivity contribution in [2.24, 2.45) is 0 Å². The van der Waals surface area contributed by atoms with Gasteiger partial charge in [-0.05, 0) is 31.9 Å². The van der Waals surface area contributed by atoms with E-state index in [-0.39, 0.29) is 12.6 Å². The zero-order valence-electron chi connectivity index (χ0n) is 11.2. The standard InChI is InChI=1S/C12H16FN3O4S/c13-11-4-3-10(16(17)18)8-12(11)21(19,20)15-7-5-9-2-1-6-14-9/h3-4,8-9,14-15H,1-2,5-7H2/t9-/m0/s1. The van der Waals surface area contributed by atoms with Crippen LogP contribution in [0.2, 0.25) is 0 Å². The zero-order valence-corrected chi connectivity index (χ0v) is 12.0. The summed E-state index contributed by atoms with van der Waals surface area (Å²) in [6.07, 6.45) is 2.62. The molecule has 2 rings (SSSR count). The Balaban J connectivity index is 2.07. The van der Waals surface area contributed by atoms with Gasteiger partial charge < -0.3 is 5.32 Å². The first-order chi connectivity index (χ1) is 9.90. The van der Waals surface area contributed by atoms with Crippen molar-refractivity contribution in [1.29, 1.82) is 0 Å². The first-order valence-electron chi connectivity index (χ1n) is 6.57. The Labute approximate surface area is 121 Å². The molecule has 9 heteroatoms. The third-order valence-electron chi connectivity index (χ3n) is 3.36. The molecule has 0 unspecified atom stereocenters. The number of nitrogens with zero attached hydrogens (tertiary/aromatic N) is 1. The molecule has 0 amide bonds. The van der Waals surface area contributed by atoms with Gasteiger partial charge in [0.25, 0.3) is 5.69 Å². The van der Waals surface area contributed by atoms with Crippen molar-refractivity contribution in [3.05, 3.63) is 34.1 Å². The maximum absolute atomic E-state index is 13.6. The van der Waals surface area contributed by atoms with Crippen molar-refractivity contribution >= 4 is 15.7 Å². The predicted octanol–water partition coefficient (Wildman–Crippen LogP) is 1.15. The lowest BCUT2D eigenvalue weighted by atomic mass is 10.2. The topological polar surface area (TPSA) is 101 Å². The fourth-order valence-electron chi connectivity index (χ4n) is 2.26. The minimum Gasteiger partial charge on any atom is -0.314 e. The Morgan fingerprint density at radius 1 is 1.48 bits per heavy atom. The van der Waals surface area contributed by atoms with Crippen molar-refractivity contribution in [3.63, 3.8) is 0 Å². The van der Waals surface area contributed by atoms with Crippen LogP contribution in [0.4, 0.5) is 10.1 Å². The normalized spacial score (nSPS) is 18.8. The summed E-state index contributed by atoms with van der Waals surface area (Å²) in [5.74, 6) is -1.01. The monoisotopic (exact) mass is 317 g/mol. The lowest BCUT2D eigenvalue weighted by molar-refractivity contribution is -0.385. The summed E-state index contributed by atoms with van der Waals surface area (Å²) in [4.78, 5) is 9.18. The van der Waals surface area contributed by atoms with E-state index in [1.54, 1.807) is 0 Å². The quantitative estimate of drug-likeness (QED) is 0.605. The summed E-state index contributed by atoms with van der Waals surface area (Å²) in [5, 5.41) is 13.9. The van der Waals surface area contributed by atoms with Crippen LogP contribution in [0.5, 0.6) is 0 Å². The molecule has 7 nitrogen and oxygen atoms in total. The molecule has 0 aliphatic carbocycles. The van der Waals surface area contributed by atoms with E-state index in [0.29, 0.717) is 6.42 Å². The Kier molecular flexibility index (Phi) is 4.86. The van der Waals surface area contributed by atoms with Gasteiger partial charge >= 0.3 is 0 Å². The molecule has 116 valence electrons. The summed E-state index contributed by atoms with van der Waals surface area (Å²) in [7, 11) is -4.10. The van der Waals surface area contributed by atoms with Gasteiger partial charge in [-0.25, -0.2) is 17.5 Å². The molecule has 0 radical (unpaired) electrons. The largest absolute Gasteiger partial charge is 0.314 e. The van der Waals surface area contributed by atoms with Crippen LogP contribution in [0.3, 0.4) is 0 Å². The van der Waals surface area contributed by atoms with Crippen LogP contribution in [0.15, 0.2) is 23.1 Å². The van der Waals surface area contributed by atoms with Crippen LogP contribution in [0, 0.1) is 15.9 Å². The van der Waals surface area contributed by atoms with Crippen LogP contribution in [0.25, 0.3) is 0 Å². The molecule has 1 atom stereocenters. The Morgan fingerprint density at radius 3 is 2.86 bits per heavy atom. The Morgan fingerprint density at radius 2 is 2.24 bits per heavy atom. The van der Waals surface area contributed by atoms with E-state index in [0.717, 1.165) is 37.6 Å². The molecule has 1 saturated heterocycles. The second-order valence-electron chi connectivity index (χ2n) is 4.85. The van der Waals surface area contributed by atoms with Crippen molar-refractivity contribution in [2.75, 3.05) is 13.1 Å². The minimum absolute atomic E-state index is 0.155. The number of rotatable bonds is 6. The number of nitro benzene ring substituents is 1. The fourth-order valence-corrected chi connectivity index (χ4v) is 3.40. The molecular formula is C12H16FN3O4S. The van der Waals surface area contributed by atoms with Crippen molar-refractivity contribution < 1.29 is 17.7 Å². The van der Waals surface area contributed by atoms with Gasteiger partial charge in [0.2, 0.25) is 10.0 Å². The Hall–Kier alpha value is -1.58. The third kappa shape index (κ3) is 3.96. The second-order valence-corrected chi connectivity index (χ2v) is 6.59. The van der Waals surface area contributed by atoms with Gasteiger partial charge in [-0.15, -0.1) is 0 Å². The fraction of sp³-hybridized carbons (Fsp3) is 0.500. The van der Waals surface area contributed by atoms with Crippen molar-refractivity contribution in [3.8, 4) is 0 Å². The molecular weight excluding hydrogens is 301 g/mol. The second kappa shape index (κ2) is 6.46. The number of hydrogen-bond donors (Lipinski definition) is 2. The summed E-state index contributed by atoms with van der Waals surface area (Å²) in [6.45, 7) is 1.07. The van der Waals surface area contributed by atoms with Crippen LogP contribution < -0.4 is 10.0 Å². The van der Waals surface area contributed by atoms with Gasteiger partial charge in [0.1, 0.15) is 10.7 Å². The highest BCUT2D eigenvalue weighted by atomic mass is 32.2. The van der Waals surface area contributed by atoms with Crippen LogP contribution >= 0.6 is 0 Å². The summed E-state index contributed by atoms with van der Waals surface area (Å²) < 4.78 is 39.9. The molecule has 0 aromatic heterocycles. The van der Waals surface area contributed by atoms with Crippen LogP contribution in [-0.4, -0.2) is 32.5 Å². The number of non-ortho nitro benzene ring substituents is 1. The van der Waals surface area contributed by atoms with Gasteiger partial charge in [-0.3, -0.25) is 10.1 Å². The van der Waals surface area contributed by atoms with Gasteiger partial charge in [-0.1, -0.05) is 0 Å². The average Bonchev–Trinajstić information content (AvgIpc) is 2.91. The van der Waals surface area contributed by atoms with E-state index in [4.69, 9.17) is 0 Å². The van der Waals surface area contributed by atoms with Crippen molar-refractivity contribution in [2.45, 2.75) is 30.2 Å². The number of nitro groups is 1. The molecule has 0 spiro atoms. The lowest BCUT2D eigenvalue weighted by Crippen LogP contribution is -2.31. The molecule has 1 aliphatic heterocycles. The highest BCUT2D eigenvalue weighted by Gasteiger charge is 2.23. The molecule has 1 aromatic rings. The smallest absolute Gasteiger partial charge is 0.270 e.